The monoisotopic (exact) mass is 473 g/mol. The van der Waals surface area contributed by atoms with E-state index in [2.05, 4.69) is 4.90 Å². The first-order chi connectivity index (χ1) is 16.1. The molecule has 1 aromatic heterocycles. The molecule has 0 radical (unpaired) electrons. The molecule has 33 heavy (non-hydrogen) atoms. The number of anilines is 1. The molecule has 0 aliphatic carbocycles. The van der Waals surface area contributed by atoms with Gasteiger partial charge in [-0.3, -0.25) is 14.6 Å². The number of carbonyl (C=O) groups excluding carboxylic acids is 1. The molecule has 4 rings (SSSR count). The summed E-state index contributed by atoms with van der Waals surface area (Å²) in [6, 6.07) is 9.94. The van der Waals surface area contributed by atoms with Crippen LogP contribution in [0, 0.1) is 12.7 Å². The standard InChI is InChI=1S/C24H28FN3O4S/c1-17-8-9-20(30-2)22-23(17)33-24(26-22)28(11-5-10-27-12-14-31-15-13-27)21(29)16-32-19-7-4-3-6-18(19)25/h3-4,6-9H,5,10-16H2,1-2H3. The number of benzene rings is 2. The van der Waals surface area contributed by atoms with Crippen LogP contribution in [0.1, 0.15) is 12.0 Å². The van der Waals surface area contributed by atoms with Crippen LogP contribution in [0.2, 0.25) is 0 Å². The normalized spacial score (nSPS) is 14.4. The van der Waals surface area contributed by atoms with Crippen molar-refractivity contribution >= 4 is 32.6 Å². The fourth-order valence-electron chi connectivity index (χ4n) is 3.76. The molecule has 0 saturated carbocycles. The number of thiazole rings is 1. The Kier molecular flexibility index (Phi) is 7.74. The summed E-state index contributed by atoms with van der Waals surface area (Å²) in [5.41, 5.74) is 1.80. The molecule has 0 unspecified atom stereocenters. The first-order valence-electron chi connectivity index (χ1n) is 11.0. The van der Waals surface area contributed by atoms with Crippen molar-refractivity contribution in [2.24, 2.45) is 0 Å². The number of ether oxygens (including phenoxy) is 3. The number of methoxy groups -OCH3 is 1. The molecule has 0 spiro atoms. The van der Waals surface area contributed by atoms with Gasteiger partial charge in [0.1, 0.15) is 11.3 Å². The molecule has 9 heteroatoms. The van der Waals surface area contributed by atoms with E-state index in [1.54, 1.807) is 24.1 Å². The zero-order valence-electron chi connectivity index (χ0n) is 18.9. The average molecular weight is 474 g/mol. The second-order valence-corrected chi connectivity index (χ2v) is 8.81. The Morgan fingerprint density at radius 2 is 2.00 bits per heavy atom. The third kappa shape index (κ3) is 5.61. The second kappa shape index (κ2) is 10.9. The number of fused-ring (bicyclic) bond motifs is 1. The maximum Gasteiger partial charge on any atom is 0.266 e. The highest BCUT2D eigenvalue weighted by molar-refractivity contribution is 7.22. The Labute approximate surface area is 196 Å². The molecule has 1 amide bonds. The lowest BCUT2D eigenvalue weighted by atomic mass is 10.2. The van der Waals surface area contributed by atoms with E-state index < -0.39 is 5.82 Å². The van der Waals surface area contributed by atoms with Gasteiger partial charge in [0.2, 0.25) is 0 Å². The van der Waals surface area contributed by atoms with Crippen molar-refractivity contribution in [2.75, 3.05) is 58.0 Å². The summed E-state index contributed by atoms with van der Waals surface area (Å²) in [6.45, 7) is 6.32. The zero-order chi connectivity index (χ0) is 23.2. The number of halogens is 1. The van der Waals surface area contributed by atoms with Gasteiger partial charge in [0.15, 0.2) is 23.3 Å². The Morgan fingerprint density at radius 3 is 2.76 bits per heavy atom. The van der Waals surface area contributed by atoms with Crippen LogP contribution in [-0.2, 0) is 9.53 Å². The highest BCUT2D eigenvalue weighted by Gasteiger charge is 2.23. The second-order valence-electron chi connectivity index (χ2n) is 7.83. The Morgan fingerprint density at radius 1 is 1.21 bits per heavy atom. The molecule has 1 aliphatic heterocycles. The lowest BCUT2D eigenvalue weighted by Crippen LogP contribution is -2.40. The number of carbonyl (C=O) groups is 1. The third-order valence-electron chi connectivity index (χ3n) is 5.59. The molecule has 7 nitrogen and oxygen atoms in total. The van der Waals surface area contributed by atoms with E-state index >= 15 is 0 Å². The van der Waals surface area contributed by atoms with E-state index in [4.69, 9.17) is 19.2 Å². The fourth-order valence-corrected chi connectivity index (χ4v) is 4.86. The molecule has 3 aromatic rings. The number of amides is 1. The number of hydrogen-bond donors (Lipinski definition) is 0. The highest BCUT2D eigenvalue weighted by Crippen LogP contribution is 2.36. The molecule has 2 heterocycles. The van der Waals surface area contributed by atoms with Crippen LogP contribution < -0.4 is 14.4 Å². The number of para-hydroxylation sites is 1. The zero-order valence-corrected chi connectivity index (χ0v) is 19.7. The van der Waals surface area contributed by atoms with E-state index in [0.717, 1.165) is 55.0 Å². The molecule has 1 saturated heterocycles. The minimum absolute atomic E-state index is 0.0564. The van der Waals surface area contributed by atoms with Crippen LogP contribution in [0.5, 0.6) is 11.5 Å². The summed E-state index contributed by atoms with van der Waals surface area (Å²) in [5, 5.41) is 0.585. The van der Waals surface area contributed by atoms with Crippen molar-refractivity contribution in [3.05, 3.63) is 47.8 Å². The van der Waals surface area contributed by atoms with E-state index in [0.29, 0.717) is 17.4 Å². The molecule has 2 aromatic carbocycles. The maximum absolute atomic E-state index is 14.0. The van der Waals surface area contributed by atoms with Crippen LogP contribution in [0.3, 0.4) is 0 Å². The van der Waals surface area contributed by atoms with E-state index in [-0.39, 0.29) is 18.3 Å². The van der Waals surface area contributed by atoms with Crippen LogP contribution >= 0.6 is 11.3 Å². The summed E-state index contributed by atoms with van der Waals surface area (Å²) in [4.78, 5) is 21.9. The van der Waals surface area contributed by atoms with Crippen molar-refractivity contribution in [3.8, 4) is 11.5 Å². The van der Waals surface area contributed by atoms with Gasteiger partial charge >= 0.3 is 0 Å². The predicted molar refractivity (Wildman–Crippen MR) is 127 cm³/mol. The van der Waals surface area contributed by atoms with Gasteiger partial charge in [-0.2, -0.15) is 0 Å². The van der Waals surface area contributed by atoms with Gasteiger partial charge in [0.25, 0.3) is 5.91 Å². The quantitative estimate of drug-likeness (QED) is 0.470. The van der Waals surface area contributed by atoms with Gasteiger partial charge in [-0.15, -0.1) is 0 Å². The first-order valence-corrected chi connectivity index (χ1v) is 11.8. The number of morpholine rings is 1. The number of hydrogen-bond acceptors (Lipinski definition) is 7. The molecule has 0 bridgehead atoms. The van der Waals surface area contributed by atoms with Gasteiger partial charge in [0, 0.05) is 26.2 Å². The van der Waals surface area contributed by atoms with Gasteiger partial charge in [0.05, 0.1) is 25.0 Å². The Hall–Kier alpha value is -2.75. The SMILES string of the molecule is COc1ccc(C)c2sc(N(CCCN3CCOCC3)C(=O)COc3ccccc3F)nc12. The lowest BCUT2D eigenvalue weighted by molar-refractivity contribution is -0.120. The van der Waals surface area contributed by atoms with Crippen LogP contribution in [0.15, 0.2) is 36.4 Å². The molecule has 0 N–H and O–H groups in total. The molecule has 0 atom stereocenters. The predicted octanol–water partition coefficient (Wildman–Crippen LogP) is 3.89. The third-order valence-corrected chi connectivity index (χ3v) is 6.81. The van der Waals surface area contributed by atoms with Crippen molar-refractivity contribution in [2.45, 2.75) is 13.3 Å². The molecule has 1 fully saturated rings. The average Bonchev–Trinajstić information content (AvgIpc) is 3.28. The summed E-state index contributed by atoms with van der Waals surface area (Å²) < 4.78 is 31.3. The number of aromatic nitrogens is 1. The molecular weight excluding hydrogens is 445 g/mol. The van der Waals surface area contributed by atoms with Gasteiger partial charge < -0.3 is 14.2 Å². The smallest absolute Gasteiger partial charge is 0.266 e. The summed E-state index contributed by atoms with van der Waals surface area (Å²) >= 11 is 1.45. The molecule has 1 aliphatic rings. The van der Waals surface area contributed by atoms with Gasteiger partial charge in [-0.1, -0.05) is 29.5 Å². The van der Waals surface area contributed by atoms with Gasteiger partial charge in [-0.25, -0.2) is 9.37 Å². The van der Waals surface area contributed by atoms with Crippen LogP contribution in [0.25, 0.3) is 10.2 Å². The lowest BCUT2D eigenvalue weighted by Gasteiger charge is -2.27. The summed E-state index contributed by atoms with van der Waals surface area (Å²) in [7, 11) is 1.61. The van der Waals surface area contributed by atoms with E-state index in [1.165, 1.54) is 23.5 Å². The minimum atomic E-state index is -0.496. The van der Waals surface area contributed by atoms with E-state index in [9.17, 15) is 9.18 Å². The van der Waals surface area contributed by atoms with Gasteiger partial charge in [-0.05, 0) is 37.1 Å². The minimum Gasteiger partial charge on any atom is -0.494 e. The van der Waals surface area contributed by atoms with Crippen molar-refractivity contribution in [1.29, 1.82) is 0 Å². The fraction of sp³-hybridized carbons (Fsp3) is 0.417. The van der Waals surface area contributed by atoms with Crippen molar-refractivity contribution < 1.29 is 23.4 Å². The number of rotatable bonds is 9. The topological polar surface area (TPSA) is 64.1 Å². The Balaban J connectivity index is 1.53. The van der Waals surface area contributed by atoms with Crippen molar-refractivity contribution in [3.63, 3.8) is 0 Å². The summed E-state index contributed by atoms with van der Waals surface area (Å²) in [5.74, 6) is -0.0391. The van der Waals surface area contributed by atoms with Crippen molar-refractivity contribution in [1.82, 2.24) is 9.88 Å². The Bertz CT molecular complexity index is 1100. The number of aryl methyl sites for hydroxylation is 1. The summed E-state index contributed by atoms with van der Waals surface area (Å²) in [6.07, 6.45) is 0.775. The number of nitrogens with zero attached hydrogens (tertiary/aromatic N) is 3. The maximum atomic E-state index is 14.0. The largest absolute Gasteiger partial charge is 0.494 e. The molecule has 176 valence electrons. The first kappa shape index (κ1) is 23.4. The molecular formula is C24H28FN3O4S. The highest BCUT2D eigenvalue weighted by atomic mass is 32.1. The van der Waals surface area contributed by atoms with E-state index in [1.807, 2.05) is 19.1 Å². The van der Waals surface area contributed by atoms with Crippen LogP contribution in [-0.4, -0.2) is 68.9 Å². The van der Waals surface area contributed by atoms with Crippen LogP contribution in [0.4, 0.5) is 9.52 Å².